The zero-order valence-electron chi connectivity index (χ0n) is 8.11. The maximum absolute atomic E-state index is 11.5. The number of nitrogens with one attached hydrogen (secondary N) is 1. The van der Waals surface area contributed by atoms with Crippen molar-refractivity contribution in [1.29, 1.82) is 0 Å². The molecule has 72 valence electrons. The minimum atomic E-state index is -0.110. The zero-order chi connectivity index (χ0) is 10.1. The van der Waals surface area contributed by atoms with Gasteiger partial charge in [-0.15, -0.1) is 0 Å². The Bertz CT molecular complexity index is 440. The van der Waals surface area contributed by atoms with Gasteiger partial charge in [0.2, 0.25) is 0 Å². The van der Waals surface area contributed by atoms with E-state index in [-0.39, 0.29) is 5.91 Å². The second kappa shape index (κ2) is 3.14. The molecule has 0 fully saturated rings. The number of hydrogen-bond donors (Lipinski definition) is 1. The molecule has 0 unspecified atom stereocenters. The van der Waals surface area contributed by atoms with Gasteiger partial charge in [-0.1, -0.05) is 12.1 Å². The molecule has 0 radical (unpaired) electrons. The summed E-state index contributed by atoms with van der Waals surface area (Å²) in [4.78, 5) is 20.2. The molecule has 2 aromatic rings. The number of H-pyrrole nitrogens is 1. The summed E-state index contributed by atoms with van der Waals surface area (Å²) in [5, 5.41) is 0. The second-order valence-electron chi connectivity index (χ2n) is 3.30. The van der Waals surface area contributed by atoms with Crippen molar-refractivity contribution in [2.24, 2.45) is 0 Å². The highest BCUT2D eigenvalue weighted by molar-refractivity contribution is 5.93. The van der Waals surface area contributed by atoms with Crippen molar-refractivity contribution in [1.82, 2.24) is 14.9 Å². The Kier molecular flexibility index (Phi) is 1.96. The SMILES string of the molecule is CN(C)C(=O)c1nc2ccccc2[nH]1. The van der Waals surface area contributed by atoms with Crippen LogP contribution in [0.25, 0.3) is 11.0 Å². The second-order valence-corrected chi connectivity index (χ2v) is 3.30. The first-order chi connectivity index (χ1) is 6.68. The van der Waals surface area contributed by atoms with Crippen molar-refractivity contribution in [3.63, 3.8) is 0 Å². The van der Waals surface area contributed by atoms with Crippen LogP contribution >= 0.6 is 0 Å². The summed E-state index contributed by atoms with van der Waals surface area (Å²) in [7, 11) is 3.41. The lowest BCUT2D eigenvalue weighted by atomic mass is 10.3. The van der Waals surface area contributed by atoms with Crippen LogP contribution < -0.4 is 0 Å². The minimum Gasteiger partial charge on any atom is -0.342 e. The Labute approximate surface area is 81.6 Å². The molecule has 4 nitrogen and oxygen atoms in total. The lowest BCUT2D eigenvalue weighted by Gasteiger charge is -2.06. The Morgan fingerprint density at radius 3 is 2.71 bits per heavy atom. The fourth-order valence-electron chi connectivity index (χ4n) is 1.27. The fraction of sp³-hybridized carbons (Fsp3) is 0.200. The first-order valence-electron chi connectivity index (χ1n) is 4.35. The molecule has 0 atom stereocenters. The Hall–Kier alpha value is -1.84. The number of para-hydroxylation sites is 2. The molecular weight excluding hydrogens is 178 g/mol. The summed E-state index contributed by atoms with van der Waals surface area (Å²) in [5.41, 5.74) is 1.70. The molecule has 14 heavy (non-hydrogen) atoms. The molecule has 0 spiro atoms. The highest BCUT2D eigenvalue weighted by Crippen LogP contribution is 2.10. The number of aromatic amines is 1. The van der Waals surface area contributed by atoms with E-state index in [2.05, 4.69) is 9.97 Å². The van der Waals surface area contributed by atoms with Gasteiger partial charge in [0.15, 0.2) is 5.82 Å². The first-order valence-corrected chi connectivity index (χ1v) is 4.35. The standard InChI is InChI=1S/C10H11N3O/c1-13(2)10(14)9-11-7-5-3-4-6-8(7)12-9/h3-6H,1-2H3,(H,11,12). The summed E-state index contributed by atoms with van der Waals surface area (Å²) in [6, 6.07) is 7.57. The van der Waals surface area contributed by atoms with Gasteiger partial charge in [0.1, 0.15) is 0 Å². The largest absolute Gasteiger partial charge is 0.342 e. The number of hydrogen-bond acceptors (Lipinski definition) is 2. The van der Waals surface area contributed by atoms with Gasteiger partial charge >= 0.3 is 0 Å². The summed E-state index contributed by atoms with van der Waals surface area (Å²) in [5.74, 6) is 0.275. The van der Waals surface area contributed by atoms with Crippen molar-refractivity contribution in [2.75, 3.05) is 14.1 Å². The molecule has 0 saturated carbocycles. The summed E-state index contributed by atoms with van der Waals surface area (Å²) in [6.07, 6.45) is 0. The van der Waals surface area contributed by atoms with Crippen molar-refractivity contribution in [2.45, 2.75) is 0 Å². The third kappa shape index (κ3) is 1.35. The van der Waals surface area contributed by atoms with Crippen LogP contribution in [0.2, 0.25) is 0 Å². The molecule has 1 heterocycles. The van der Waals surface area contributed by atoms with Gasteiger partial charge in [0.25, 0.3) is 5.91 Å². The zero-order valence-corrected chi connectivity index (χ0v) is 8.11. The van der Waals surface area contributed by atoms with Gasteiger partial charge in [-0.3, -0.25) is 4.79 Å². The van der Waals surface area contributed by atoms with Crippen molar-refractivity contribution < 1.29 is 4.79 Å². The highest BCUT2D eigenvalue weighted by Gasteiger charge is 2.12. The van der Waals surface area contributed by atoms with E-state index >= 15 is 0 Å². The lowest BCUT2D eigenvalue weighted by Crippen LogP contribution is -2.22. The lowest BCUT2D eigenvalue weighted by molar-refractivity contribution is 0.0817. The number of aromatic nitrogens is 2. The monoisotopic (exact) mass is 189 g/mol. The number of imidazole rings is 1. The van der Waals surface area contributed by atoms with Gasteiger partial charge < -0.3 is 9.88 Å². The van der Waals surface area contributed by atoms with Crippen LogP contribution in [-0.4, -0.2) is 34.9 Å². The van der Waals surface area contributed by atoms with E-state index in [1.165, 1.54) is 4.90 Å². The van der Waals surface area contributed by atoms with Crippen molar-refractivity contribution in [3.8, 4) is 0 Å². The van der Waals surface area contributed by atoms with E-state index in [0.29, 0.717) is 5.82 Å². The number of benzene rings is 1. The summed E-state index contributed by atoms with van der Waals surface area (Å²) in [6.45, 7) is 0. The van der Waals surface area contributed by atoms with Crippen LogP contribution in [0, 0.1) is 0 Å². The smallest absolute Gasteiger partial charge is 0.289 e. The molecule has 1 N–H and O–H groups in total. The predicted octanol–water partition coefficient (Wildman–Crippen LogP) is 1.26. The molecule has 1 aromatic carbocycles. The Morgan fingerprint density at radius 1 is 1.36 bits per heavy atom. The maximum atomic E-state index is 11.5. The number of rotatable bonds is 1. The average Bonchev–Trinajstić information content (AvgIpc) is 2.59. The van der Waals surface area contributed by atoms with Crippen LogP contribution in [0.5, 0.6) is 0 Å². The number of carbonyl (C=O) groups excluding carboxylic acids is 1. The van der Waals surface area contributed by atoms with E-state index in [0.717, 1.165) is 11.0 Å². The summed E-state index contributed by atoms with van der Waals surface area (Å²) < 4.78 is 0. The van der Waals surface area contributed by atoms with E-state index in [4.69, 9.17) is 0 Å². The van der Waals surface area contributed by atoms with Gasteiger partial charge in [0, 0.05) is 14.1 Å². The first kappa shape index (κ1) is 8.74. The van der Waals surface area contributed by atoms with Crippen LogP contribution in [0.4, 0.5) is 0 Å². The summed E-state index contributed by atoms with van der Waals surface area (Å²) >= 11 is 0. The number of fused-ring (bicyclic) bond motifs is 1. The third-order valence-electron chi connectivity index (χ3n) is 2.00. The van der Waals surface area contributed by atoms with Crippen LogP contribution in [0.3, 0.4) is 0 Å². The van der Waals surface area contributed by atoms with Crippen molar-refractivity contribution >= 4 is 16.9 Å². The van der Waals surface area contributed by atoms with E-state index in [9.17, 15) is 4.79 Å². The van der Waals surface area contributed by atoms with Gasteiger partial charge in [-0.05, 0) is 12.1 Å². The minimum absolute atomic E-state index is 0.110. The molecule has 2 rings (SSSR count). The predicted molar refractivity (Wildman–Crippen MR) is 54.1 cm³/mol. The van der Waals surface area contributed by atoms with Crippen LogP contribution in [-0.2, 0) is 0 Å². The number of amides is 1. The Balaban J connectivity index is 2.50. The fourth-order valence-corrected chi connectivity index (χ4v) is 1.27. The van der Waals surface area contributed by atoms with E-state index < -0.39 is 0 Å². The van der Waals surface area contributed by atoms with Crippen LogP contribution in [0.1, 0.15) is 10.6 Å². The number of nitrogens with zero attached hydrogens (tertiary/aromatic N) is 2. The van der Waals surface area contributed by atoms with Gasteiger partial charge in [-0.2, -0.15) is 0 Å². The molecular formula is C10H11N3O. The topological polar surface area (TPSA) is 49.0 Å². The third-order valence-corrected chi connectivity index (χ3v) is 2.00. The normalized spacial score (nSPS) is 10.4. The average molecular weight is 189 g/mol. The highest BCUT2D eigenvalue weighted by atomic mass is 16.2. The van der Waals surface area contributed by atoms with Crippen LogP contribution in [0.15, 0.2) is 24.3 Å². The molecule has 1 aromatic heterocycles. The Morgan fingerprint density at radius 2 is 2.07 bits per heavy atom. The molecule has 4 heteroatoms. The van der Waals surface area contributed by atoms with E-state index in [1.807, 2.05) is 24.3 Å². The van der Waals surface area contributed by atoms with Gasteiger partial charge in [-0.25, -0.2) is 4.98 Å². The molecule has 0 bridgehead atoms. The molecule has 0 aliphatic rings. The van der Waals surface area contributed by atoms with Gasteiger partial charge in [0.05, 0.1) is 11.0 Å². The molecule has 0 aliphatic heterocycles. The quantitative estimate of drug-likeness (QED) is 0.734. The number of carbonyl (C=O) groups is 1. The maximum Gasteiger partial charge on any atom is 0.289 e. The molecule has 0 saturated heterocycles. The molecule has 0 aliphatic carbocycles. The van der Waals surface area contributed by atoms with Crippen molar-refractivity contribution in [3.05, 3.63) is 30.1 Å². The molecule has 1 amide bonds. The van der Waals surface area contributed by atoms with E-state index in [1.54, 1.807) is 14.1 Å².